The van der Waals surface area contributed by atoms with Gasteiger partial charge in [-0.05, 0) is 44.5 Å². The molecule has 0 radical (unpaired) electrons. The number of carboxylic acid groups (broad SMARTS) is 2. The molecule has 0 aliphatic carbocycles. The average molecular weight is 570 g/mol. The fraction of sp³-hybridized carbons (Fsp3) is 0.565. The third-order valence-corrected chi connectivity index (χ3v) is 6.15. The zero-order chi connectivity index (χ0) is 29.6. The maximum atomic E-state index is 10.6. The number of carbonyl (C=O) groups is 2. The van der Waals surface area contributed by atoms with E-state index < -0.39 is 24.3 Å². The van der Waals surface area contributed by atoms with Gasteiger partial charge >= 0.3 is 24.3 Å². The molecule has 2 aromatic rings. The largest absolute Gasteiger partial charge is 0.497 e. The Bertz CT molecular complexity index is 1110. The topological polar surface area (TPSA) is 121 Å². The van der Waals surface area contributed by atoms with Crippen LogP contribution < -0.4 is 4.74 Å². The van der Waals surface area contributed by atoms with Gasteiger partial charge in [-0.1, -0.05) is 12.1 Å². The minimum absolute atomic E-state index is 0.154. The number of hydrogen-bond donors (Lipinski definition) is 2. The van der Waals surface area contributed by atoms with Gasteiger partial charge in [0.15, 0.2) is 0 Å². The van der Waals surface area contributed by atoms with Gasteiger partial charge in [-0.2, -0.15) is 26.3 Å². The number of carboxylic acids is 2. The van der Waals surface area contributed by atoms with Gasteiger partial charge in [0.05, 0.1) is 19.2 Å². The van der Waals surface area contributed by atoms with Crippen LogP contribution in [0.4, 0.5) is 26.3 Å². The van der Waals surface area contributed by atoms with Crippen LogP contribution in [0.2, 0.25) is 0 Å². The van der Waals surface area contributed by atoms with Gasteiger partial charge in [0.25, 0.3) is 0 Å². The van der Waals surface area contributed by atoms with Crippen LogP contribution in [0.25, 0.3) is 0 Å². The molecule has 10 nitrogen and oxygen atoms in total. The Kier molecular flexibility index (Phi) is 10.3. The van der Waals surface area contributed by atoms with Crippen LogP contribution in [-0.2, 0) is 28.2 Å². The van der Waals surface area contributed by atoms with Crippen LogP contribution in [0.15, 0.2) is 24.3 Å². The van der Waals surface area contributed by atoms with E-state index in [1.165, 1.54) is 5.56 Å². The first kappa shape index (κ1) is 31.8. The average Bonchev–Trinajstić information content (AvgIpc) is 3.21. The molecule has 4 rings (SSSR count). The molecule has 2 aliphatic rings. The normalized spacial score (nSPS) is 17.3. The summed E-state index contributed by atoms with van der Waals surface area (Å²) >= 11 is 0. The zero-order valence-electron chi connectivity index (χ0n) is 21.4. The minimum atomic E-state index is -5.08. The van der Waals surface area contributed by atoms with Gasteiger partial charge < -0.3 is 19.5 Å². The number of benzene rings is 1. The smallest absolute Gasteiger partial charge is 0.490 e. The van der Waals surface area contributed by atoms with Crippen LogP contribution in [0.1, 0.15) is 30.1 Å². The predicted octanol–water partition coefficient (Wildman–Crippen LogP) is 3.30. The molecule has 1 aromatic heterocycles. The molecule has 1 spiro atoms. The molecule has 1 saturated heterocycles. The summed E-state index contributed by atoms with van der Waals surface area (Å²) in [5, 5.41) is 23.0. The van der Waals surface area contributed by atoms with E-state index in [4.69, 9.17) is 24.5 Å². The molecule has 2 aliphatic heterocycles. The van der Waals surface area contributed by atoms with Crippen LogP contribution in [-0.4, -0.2) is 92.9 Å². The highest BCUT2D eigenvalue weighted by Gasteiger charge is 2.43. The number of likely N-dealkylation sites (tertiary alicyclic amines) is 1. The highest BCUT2D eigenvalue weighted by Crippen LogP contribution is 2.36. The van der Waals surface area contributed by atoms with E-state index in [2.05, 4.69) is 56.7 Å². The van der Waals surface area contributed by atoms with E-state index in [1.54, 1.807) is 7.11 Å². The zero-order valence-corrected chi connectivity index (χ0v) is 21.4. The Hall–Kier alpha value is -3.40. The summed E-state index contributed by atoms with van der Waals surface area (Å²) in [6.07, 6.45) is -7.87. The Labute approximate surface area is 219 Å². The summed E-state index contributed by atoms with van der Waals surface area (Å²) in [4.78, 5) is 22.7. The highest BCUT2D eigenvalue weighted by molar-refractivity contribution is 5.73. The molecular weight excluding hydrogens is 540 g/mol. The number of aliphatic carboxylic acids is 2. The Morgan fingerprint density at radius 2 is 1.56 bits per heavy atom. The molecule has 39 heavy (non-hydrogen) atoms. The summed E-state index contributed by atoms with van der Waals surface area (Å²) in [5.41, 5.74) is 1.47. The van der Waals surface area contributed by atoms with Crippen LogP contribution in [0, 0.1) is 6.92 Å². The van der Waals surface area contributed by atoms with Crippen LogP contribution >= 0.6 is 0 Å². The van der Waals surface area contributed by atoms with Crippen LogP contribution in [0.5, 0.6) is 5.75 Å². The van der Waals surface area contributed by atoms with Crippen molar-refractivity contribution in [3.63, 3.8) is 0 Å². The summed E-state index contributed by atoms with van der Waals surface area (Å²) < 4.78 is 71.2. The maximum absolute atomic E-state index is 10.6. The second-order valence-electron chi connectivity index (χ2n) is 9.13. The van der Waals surface area contributed by atoms with Crippen LogP contribution in [0.3, 0.4) is 0 Å². The predicted molar refractivity (Wildman–Crippen MR) is 124 cm³/mol. The van der Waals surface area contributed by atoms with Gasteiger partial charge in [0, 0.05) is 26.2 Å². The number of hydrogen-bond acceptors (Lipinski definition) is 7. The van der Waals surface area contributed by atoms with Crippen molar-refractivity contribution < 1.29 is 50.9 Å². The molecule has 0 unspecified atom stereocenters. The number of rotatable bonds is 3. The van der Waals surface area contributed by atoms with E-state index in [9.17, 15) is 26.3 Å². The van der Waals surface area contributed by atoms with E-state index in [1.807, 2.05) is 6.07 Å². The molecule has 218 valence electrons. The fourth-order valence-electron chi connectivity index (χ4n) is 4.53. The standard InChI is InChI=1S/C19H27N5O.2C2HF3O2/c1-15-20-21-18-13-22(2)14-19(24(15)18)7-9-23(10-8-19)12-16-5-4-6-17(11-16)25-3;2*3-2(4,5)1(6)7/h4-6,11H,7-10,12-14H2,1-3H3;2*(H,6,7). The first-order chi connectivity index (χ1) is 18.0. The number of methoxy groups -OCH3 is 1. The molecule has 1 fully saturated rings. The number of nitrogens with zero attached hydrogens (tertiary/aromatic N) is 5. The molecule has 2 N–H and O–H groups in total. The number of likely N-dealkylation sites (N-methyl/N-ethyl adjacent to an activating group) is 1. The first-order valence-corrected chi connectivity index (χ1v) is 11.5. The number of aryl methyl sites for hydroxylation is 1. The molecule has 0 atom stereocenters. The Balaban J connectivity index is 0.000000317. The lowest BCUT2D eigenvalue weighted by Crippen LogP contribution is -2.55. The van der Waals surface area contributed by atoms with Crippen molar-refractivity contribution in [3.8, 4) is 5.75 Å². The third-order valence-electron chi connectivity index (χ3n) is 6.15. The van der Waals surface area contributed by atoms with Gasteiger partial charge in [-0.25, -0.2) is 9.59 Å². The highest BCUT2D eigenvalue weighted by atomic mass is 19.4. The van der Waals surface area contributed by atoms with Gasteiger partial charge in [0.1, 0.15) is 17.4 Å². The van der Waals surface area contributed by atoms with E-state index in [-0.39, 0.29) is 5.54 Å². The number of halogens is 6. The van der Waals surface area contributed by atoms with Crippen molar-refractivity contribution in [1.82, 2.24) is 24.6 Å². The summed E-state index contributed by atoms with van der Waals surface area (Å²) in [7, 11) is 3.92. The second-order valence-corrected chi connectivity index (χ2v) is 9.13. The molecule has 0 amide bonds. The van der Waals surface area contributed by atoms with Gasteiger partial charge in [-0.15, -0.1) is 10.2 Å². The first-order valence-electron chi connectivity index (χ1n) is 11.5. The van der Waals surface area contributed by atoms with E-state index >= 15 is 0 Å². The SMILES string of the molecule is COc1cccc(CN2CCC3(CC2)CN(C)Cc2nnc(C)n23)c1.O=C(O)C(F)(F)F.O=C(O)C(F)(F)F. The molecule has 16 heteroatoms. The molecule has 0 bridgehead atoms. The number of ether oxygens (including phenoxy) is 1. The van der Waals surface area contributed by atoms with E-state index in [0.29, 0.717) is 0 Å². The summed E-state index contributed by atoms with van der Waals surface area (Å²) in [6, 6.07) is 8.40. The fourth-order valence-corrected chi connectivity index (χ4v) is 4.53. The van der Waals surface area contributed by atoms with Gasteiger partial charge in [0.2, 0.25) is 0 Å². The second kappa shape index (κ2) is 12.6. The molecule has 0 saturated carbocycles. The Morgan fingerprint density at radius 3 is 2.05 bits per heavy atom. The third kappa shape index (κ3) is 8.81. The van der Waals surface area contributed by atoms with Crippen molar-refractivity contribution in [3.05, 3.63) is 41.5 Å². The lowest BCUT2D eigenvalue weighted by molar-refractivity contribution is -0.193. The van der Waals surface area contributed by atoms with Gasteiger partial charge in [-0.3, -0.25) is 9.80 Å². The maximum Gasteiger partial charge on any atom is 0.490 e. The van der Waals surface area contributed by atoms with Crippen molar-refractivity contribution in [2.45, 2.75) is 50.7 Å². The number of alkyl halides is 6. The quantitative estimate of drug-likeness (QED) is 0.537. The lowest BCUT2D eigenvalue weighted by Gasteiger charge is -2.48. The molecule has 3 heterocycles. The number of aromatic nitrogens is 3. The van der Waals surface area contributed by atoms with Crippen molar-refractivity contribution in [2.75, 3.05) is 33.8 Å². The monoisotopic (exact) mass is 569 g/mol. The van der Waals surface area contributed by atoms with Crippen molar-refractivity contribution >= 4 is 11.9 Å². The number of piperidine rings is 1. The lowest BCUT2D eigenvalue weighted by atomic mass is 9.84. The summed E-state index contributed by atoms with van der Waals surface area (Å²) in [5.74, 6) is -2.40. The minimum Gasteiger partial charge on any atom is -0.497 e. The Morgan fingerprint density at radius 1 is 1.03 bits per heavy atom. The van der Waals surface area contributed by atoms with E-state index in [0.717, 1.165) is 63.0 Å². The molecule has 1 aromatic carbocycles. The van der Waals surface area contributed by atoms with Crippen molar-refractivity contribution in [1.29, 1.82) is 0 Å². The number of fused-ring (bicyclic) bond motifs is 2. The van der Waals surface area contributed by atoms with Crippen molar-refractivity contribution in [2.24, 2.45) is 0 Å². The molecular formula is C23H29F6N5O5. The summed E-state index contributed by atoms with van der Waals surface area (Å²) in [6.45, 7) is 7.26.